The van der Waals surface area contributed by atoms with Crippen molar-refractivity contribution in [3.05, 3.63) is 23.4 Å². The van der Waals surface area contributed by atoms with E-state index in [1.807, 2.05) is 13.0 Å². The zero-order valence-corrected chi connectivity index (χ0v) is 7.74. The zero-order valence-electron chi connectivity index (χ0n) is 7.74. The van der Waals surface area contributed by atoms with E-state index in [4.69, 9.17) is 5.11 Å². The van der Waals surface area contributed by atoms with Gasteiger partial charge in [-0.3, -0.25) is 0 Å². The molecule has 0 unspecified atom stereocenters. The highest BCUT2D eigenvalue weighted by Gasteiger charge is 2.15. The van der Waals surface area contributed by atoms with Crippen LogP contribution in [0.4, 0.5) is 5.82 Å². The first-order chi connectivity index (χ1) is 6.68. The molecule has 0 aliphatic carbocycles. The average molecular weight is 190 g/mol. The molecular formula is C10H10N2O2. The maximum atomic E-state index is 10.8. The lowest BCUT2D eigenvalue weighted by molar-refractivity contribution is 0.0697. The number of rotatable bonds is 1. The molecule has 0 saturated heterocycles. The van der Waals surface area contributed by atoms with Gasteiger partial charge in [-0.05, 0) is 6.92 Å². The van der Waals surface area contributed by atoms with Gasteiger partial charge in [0.2, 0.25) is 0 Å². The van der Waals surface area contributed by atoms with Crippen molar-refractivity contribution in [2.24, 2.45) is 4.99 Å². The second kappa shape index (κ2) is 3.14. The van der Waals surface area contributed by atoms with E-state index in [1.165, 1.54) is 6.20 Å². The van der Waals surface area contributed by atoms with Gasteiger partial charge in [-0.15, -0.1) is 0 Å². The molecule has 0 saturated carbocycles. The van der Waals surface area contributed by atoms with E-state index in [0.717, 1.165) is 12.1 Å². The molecule has 0 bridgehead atoms. The second-order valence-corrected chi connectivity index (χ2v) is 3.22. The molecule has 1 aliphatic heterocycles. The summed E-state index contributed by atoms with van der Waals surface area (Å²) < 4.78 is 0. The summed E-state index contributed by atoms with van der Waals surface area (Å²) in [6.07, 6.45) is 5.96. The summed E-state index contributed by atoms with van der Waals surface area (Å²) in [5, 5.41) is 8.89. The minimum atomic E-state index is -0.929. The lowest BCUT2D eigenvalue weighted by atomic mass is 10.1. The summed E-state index contributed by atoms with van der Waals surface area (Å²) in [6, 6.07) is 0. The van der Waals surface area contributed by atoms with Gasteiger partial charge in [0.15, 0.2) is 0 Å². The van der Waals surface area contributed by atoms with Crippen LogP contribution in [-0.2, 0) is 0 Å². The first-order valence-electron chi connectivity index (χ1n) is 4.34. The Morgan fingerprint density at radius 1 is 1.64 bits per heavy atom. The van der Waals surface area contributed by atoms with Gasteiger partial charge < -0.3 is 10.1 Å². The van der Waals surface area contributed by atoms with Crippen molar-refractivity contribution in [3.8, 4) is 0 Å². The zero-order chi connectivity index (χ0) is 10.1. The fraction of sp³-hybridized carbons (Fsp3) is 0.200. The van der Waals surface area contributed by atoms with Crippen molar-refractivity contribution < 1.29 is 9.90 Å². The quantitative estimate of drug-likeness (QED) is 0.713. The number of aromatic carboxylic acids is 1. The van der Waals surface area contributed by atoms with E-state index in [0.29, 0.717) is 11.4 Å². The van der Waals surface area contributed by atoms with E-state index in [-0.39, 0.29) is 5.56 Å². The van der Waals surface area contributed by atoms with Gasteiger partial charge in [0, 0.05) is 23.9 Å². The molecule has 4 heteroatoms. The monoisotopic (exact) mass is 190 g/mol. The molecule has 2 heterocycles. The number of carbonyl (C=O) groups is 1. The number of aromatic nitrogens is 1. The van der Waals surface area contributed by atoms with Crippen LogP contribution in [0.5, 0.6) is 0 Å². The summed E-state index contributed by atoms with van der Waals surface area (Å²) in [5.74, 6) is -0.296. The Morgan fingerprint density at radius 3 is 3.14 bits per heavy atom. The van der Waals surface area contributed by atoms with Crippen LogP contribution < -0.4 is 0 Å². The van der Waals surface area contributed by atoms with Crippen LogP contribution in [0.25, 0.3) is 6.08 Å². The Balaban J connectivity index is 2.59. The van der Waals surface area contributed by atoms with Gasteiger partial charge in [-0.1, -0.05) is 12.2 Å². The van der Waals surface area contributed by atoms with E-state index < -0.39 is 5.97 Å². The molecule has 0 aromatic carbocycles. The van der Waals surface area contributed by atoms with Crippen LogP contribution in [-0.4, -0.2) is 21.8 Å². The van der Waals surface area contributed by atoms with Gasteiger partial charge in [0.1, 0.15) is 5.82 Å². The predicted octanol–water partition coefficient (Wildman–Crippen LogP) is 2.22. The first-order valence-corrected chi connectivity index (χ1v) is 4.34. The van der Waals surface area contributed by atoms with Crippen molar-refractivity contribution in [3.63, 3.8) is 0 Å². The van der Waals surface area contributed by atoms with E-state index >= 15 is 0 Å². The molecule has 2 N–H and O–H groups in total. The van der Waals surface area contributed by atoms with E-state index in [9.17, 15) is 4.79 Å². The lowest BCUT2D eigenvalue weighted by Crippen LogP contribution is -1.95. The molecule has 0 amide bonds. The van der Waals surface area contributed by atoms with Crippen molar-refractivity contribution in [2.75, 3.05) is 0 Å². The second-order valence-electron chi connectivity index (χ2n) is 3.22. The Hall–Kier alpha value is -1.84. The third kappa shape index (κ3) is 1.35. The van der Waals surface area contributed by atoms with Crippen molar-refractivity contribution in [1.29, 1.82) is 0 Å². The molecular weight excluding hydrogens is 180 g/mol. The van der Waals surface area contributed by atoms with Gasteiger partial charge in [-0.25, -0.2) is 9.79 Å². The number of H-pyrrole nitrogens is 1. The molecule has 1 aliphatic rings. The summed E-state index contributed by atoms with van der Waals surface area (Å²) in [7, 11) is 0. The molecule has 14 heavy (non-hydrogen) atoms. The van der Waals surface area contributed by atoms with Crippen LogP contribution in [0.2, 0.25) is 0 Å². The normalized spacial score (nSPS) is 14.5. The molecule has 0 fully saturated rings. The standard InChI is InChI=1S/C10H10N2O2/c1-6-3-2-4-7-8(10(13)14)5-11-9(7)12-6/h2,4-5,11H,3H2,1H3,(H,13,14). The highest BCUT2D eigenvalue weighted by molar-refractivity contribution is 5.97. The third-order valence-corrected chi connectivity index (χ3v) is 2.13. The number of hydrogen-bond donors (Lipinski definition) is 2. The van der Waals surface area contributed by atoms with Gasteiger partial charge in [0.25, 0.3) is 0 Å². The maximum Gasteiger partial charge on any atom is 0.337 e. The summed E-state index contributed by atoms with van der Waals surface area (Å²) in [4.78, 5) is 18.0. The van der Waals surface area contributed by atoms with Gasteiger partial charge in [-0.2, -0.15) is 0 Å². The highest BCUT2D eigenvalue weighted by atomic mass is 16.4. The number of aliphatic imine (C=N–C) groups is 1. The van der Waals surface area contributed by atoms with Crippen molar-refractivity contribution >= 4 is 23.6 Å². The number of nitrogens with zero attached hydrogens (tertiary/aromatic N) is 1. The molecule has 2 rings (SSSR count). The number of carboxylic acid groups (broad SMARTS) is 1. The largest absolute Gasteiger partial charge is 0.478 e. The van der Waals surface area contributed by atoms with Gasteiger partial charge >= 0.3 is 5.97 Å². The van der Waals surface area contributed by atoms with Crippen molar-refractivity contribution in [2.45, 2.75) is 13.3 Å². The lowest BCUT2D eigenvalue weighted by Gasteiger charge is -1.93. The Bertz CT molecular complexity index is 441. The summed E-state index contributed by atoms with van der Waals surface area (Å²) in [5.41, 5.74) is 1.91. The summed E-state index contributed by atoms with van der Waals surface area (Å²) in [6.45, 7) is 1.92. The molecule has 0 atom stereocenters. The van der Waals surface area contributed by atoms with E-state index in [1.54, 1.807) is 6.08 Å². The molecule has 1 aromatic heterocycles. The number of fused-ring (bicyclic) bond motifs is 1. The number of aromatic amines is 1. The Morgan fingerprint density at radius 2 is 2.43 bits per heavy atom. The summed E-state index contributed by atoms with van der Waals surface area (Å²) >= 11 is 0. The minimum absolute atomic E-state index is 0.273. The topological polar surface area (TPSA) is 65.5 Å². The molecule has 72 valence electrons. The third-order valence-electron chi connectivity index (χ3n) is 2.13. The average Bonchev–Trinajstić information content (AvgIpc) is 2.41. The maximum absolute atomic E-state index is 10.8. The SMILES string of the molecule is CC1=Nc2[nH]cc(C(=O)O)c2C=CC1. The van der Waals surface area contributed by atoms with Crippen LogP contribution >= 0.6 is 0 Å². The van der Waals surface area contributed by atoms with Crippen LogP contribution in [0.1, 0.15) is 29.3 Å². The Labute approximate surface area is 81.0 Å². The molecule has 0 spiro atoms. The number of hydrogen-bond acceptors (Lipinski definition) is 2. The number of allylic oxidation sites excluding steroid dienone is 1. The van der Waals surface area contributed by atoms with Crippen LogP contribution in [0, 0.1) is 0 Å². The fourth-order valence-electron chi connectivity index (χ4n) is 1.45. The molecule has 1 aromatic rings. The highest BCUT2D eigenvalue weighted by Crippen LogP contribution is 2.26. The number of nitrogens with one attached hydrogen (secondary N) is 1. The first kappa shape index (κ1) is 8.74. The number of carboxylic acids is 1. The van der Waals surface area contributed by atoms with Crippen LogP contribution in [0.15, 0.2) is 17.3 Å². The Kier molecular flexibility index (Phi) is 1.96. The van der Waals surface area contributed by atoms with E-state index in [2.05, 4.69) is 9.98 Å². The fourth-order valence-corrected chi connectivity index (χ4v) is 1.45. The van der Waals surface area contributed by atoms with Gasteiger partial charge in [0.05, 0.1) is 5.56 Å². The molecule has 0 radical (unpaired) electrons. The predicted molar refractivity (Wildman–Crippen MR) is 54.2 cm³/mol. The minimum Gasteiger partial charge on any atom is -0.478 e. The van der Waals surface area contributed by atoms with Crippen LogP contribution in [0.3, 0.4) is 0 Å². The molecule has 4 nitrogen and oxygen atoms in total. The van der Waals surface area contributed by atoms with Crippen molar-refractivity contribution in [1.82, 2.24) is 4.98 Å². The smallest absolute Gasteiger partial charge is 0.337 e.